The molecular weight excluding hydrogens is 645 g/mol. The molecule has 0 atom stereocenters. The van der Waals surface area contributed by atoms with Crippen molar-refractivity contribution in [1.29, 1.82) is 0 Å². The van der Waals surface area contributed by atoms with Crippen LogP contribution in [-0.2, 0) is 5.41 Å². The maximum atomic E-state index is 2.50. The number of fused-ring (bicyclic) bond motifs is 10. The molecule has 52 heavy (non-hydrogen) atoms. The maximum Gasteiger partial charge on any atom is 0.0434 e. The van der Waals surface area contributed by atoms with Crippen LogP contribution in [0, 0.1) is 0 Å². The van der Waals surface area contributed by atoms with Gasteiger partial charge in [-0.3, -0.25) is 0 Å². The molecule has 0 aliphatic heterocycles. The molecule has 0 N–H and O–H groups in total. The third-order valence-electron chi connectivity index (χ3n) is 11.7. The minimum atomic E-state index is -0.0302. The van der Waals surface area contributed by atoms with Crippen LogP contribution < -0.4 is 0 Å². The van der Waals surface area contributed by atoms with E-state index in [0.717, 1.165) is 0 Å². The van der Waals surface area contributed by atoms with Crippen molar-refractivity contribution < 1.29 is 0 Å². The molecule has 11 rings (SSSR count). The van der Waals surface area contributed by atoms with Gasteiger partial charge >= 0.3 is 0 Å². The summed E-state index contributed by atoms with van der Waals surface area (Å²) in [6.07, 6.45) is 0. The quantitative estimate of drug-likeness (QED) is 0.163. The summed E-state index contributed by atoms with van der Waals surface area (Å²) in [5.41, 5.74) is 13.2. The van der Waals surface area contributed by atoms with Gasteiger partial charge in [-0.05, 0) is 101 Å². The zero-order chi connectivity index (χ0) is 34.6. The summed E-state index contributed by atoms with van der Waals surface area (Å²) in [5, 5.41) is 10.5. The van der Waals surface area contributed by atoms with Gasteiger partial charge in [-0.1, -0.05) is 166 Å². The second-order valence-corrected chi connectivity index (χ2v) is 15.8. The van der Waals surface area contributed by atoms with Gasteiger partial charge in [0.1, 0.15) is 0 Å². The van der Waals surface area contributed by atoms with Gasteiger partial charge in [0.25, 0.3) is 0 Å². The molecule has 9 aromatic carbocycles. The van der Waals surface area contributed by atoms with E-state index < -0.39 is 0 Å². The fourth-order valence-corrected chi connectivity index (χ4v) is 10.4. The Kier molecular flexibility index (Phi) is 6.27. The van der Waals surface area contributed by atoms with Crippen molar-refractivity contribution in [2.75, 3.05) is 0 Å². The lowest BCUT2D eigenvalue weighted by atomic mass is 9.82. The van der Waals surface area contributed by atoms with E-state index in [4.69, 9.17) is 0 Å². The van der Waals surface area contributed by atoms with Crippen molar-refractivity contribution in [1.82, 2.24) is 0 Å². The summed E-state index contributed by atoms with van der Waals surface area (Å²) in [4.78, 5) is 0. The number of rotatable bonds is 3. The molecular formula is C51H34S. The highest BCUT2D eigenvalue weighted by Gasteiger charge is 2.35. The Labute approximate surface area is 307 Å². The first-order valence-electron chi connectivity index (χ1n) is 18.2. The molecule has 0 nitrogen and oxygen atoms in total. The smallest absolute Gasteiger partial charge is 0.0434 e. The molecule has 0 saturated carbocycles. The third-order valence-corrected chi connectivity index (χ3v) is 12.9. The van der Waals surface area contributed by atoms with Crippen molar-refractivity contribution in [2.45, 2.75) is 19.3 Å². The summed E-state index contributed by atoms with van der Waals surface area (Å²) in [6, 6.07) is 63.3. The van der Waals surface area contributed by atoms with Crippen LogP contribution in [0.2, 0.25) is 0 Å². The van der Waals surface area contributed by atoms with Gasteiger partial charge in [0, 0.05) is 31.0 Å². The molecule has 0 spiro atoms. The van der Waals surface area contributed by atoms with Crippen LogP contribution in [0.4, 0.5) is 0 Å². The zero-order valence-electron chi connectivity index (χ0n) is 29.1. The zero-order valence-corrected chi connectivity index (χ0v) is 29.9. The van der Waals surface area contributed by atoms with Gasteiger partial charge in [-0.15, -0.1) is 11.3 Å². The van der Waals surface area contributed by atoms with Crippen LogP contribution in [0.3, 0.4) is 0 Å². The fourth-order valence-electron chi connectivity index (χ4n) is 9.20. The first kappa shape index (κ1) is 29.7. The normalized spacial score (nSPS) is 13.3. The molecule has 0 amide bonds. The molecule has 0 radical (unpaired) electrons. The highest BCUT2D eigenvalue weighted by molar-refractivity contribution is 7.26. The van der Waals surface area contributed by atoms with E-state index in [0.29, 0.717) is 0 Å². The average Bonchev–Trinajstić information content (AvgIpc) is 3.67. The van der Waals surface area contributed by atoms with Crippen molar-refractivity contribution in [3.63, 3.8) is 0 Å². The summed E-state index contributed by atoms with van der Waals surface area (Å²) in [6.45, 7) is 4.75. The van der Waals surface area contributed by atoms with Crippen LogP contribution in [0.25, 0.3) is 97.0 Å². The molecule has 1 heterocycles. The second kappa shape index (κ2) is 11.0. The van der Waals surface area contributed by atoms with E-state index in [1.165, 1.54) is 108 Å². The van der Waals surface area contributed by atoms with E-state index in [1.807, 2.05) is 11.3 Å². The number of hydrogen-bond acceptors (Lipinski definition) is 1. The monoisotopic (exact) mass is 678 g/mol. The van der Waals surface area contributed by atoms with Gasteiger partial charge in [0.05, 0.1) is 0 Å². The first-order valence-corrected chi connectivity index (χ1v) is 19.0. The Morgan fingerprint density at radius 1 is 0.346 bits per heavy atom. The fraction of sp³-hybridized carbons (Fsp3) is 0.0588. The lowest BCUT2D eigenvalue weighted by Gasteiger charge is -2.21. The van der Waals surface area contributed by atoms with Gasteiger partial charge < -0.3 is 0 Å². The number of benzene rings is 9. The minimum Gasteiger partial charge on any atom is -0.135 e. The Morgan fingerprint density at radius 3 is 1.52 bits per heavy atom. The Bertz CT molecular complexity index is 3010. The van der Waals surface area contributed by atoms with Gasteiger partial charge in [-0.2, -0.15) is 0 Å². The van der Waals surface area contributed by atoms with Crippen LogP contribution in [0.15, 0.2) is 170 Å². The first-order chi connectivity index (χ1) is 25.6. The number of hydrogen-bond donors (Lipinski definition) is 0. The predicted octanol–water partition coefficient (Wildman–Crippen LogP) is 14.8. The lowest BCUT2D eigenvalue weighted by Crippen LogP contribution is -2.14. The topological polar surface area (TPSA) is 0 Å². The molecule has 0 saturated heterocycles. The van der Waals surface area contributed by atoms with Gasteiger partial charge in [-0.25, -0.2) is 0 Å². The maximum absolute atomic E-state index is 2.50. The minimum absolute atomic E-state index is 0.0302. The Morgan fingerprint density at radius 2 is 0.865 bits per heavy atom. The summed E-state index contributed by atoms with van der Waals surface area (Å²) in [5.74, 6) is 0. The van der Waals surface area contributed by atoms with Gasteiger partial charge in [0.2, 0.25) is 0 Å². The van der Waals surface area contributed by atoms with Crippen LogP contribution in [0.1, 0.15) is 25.0 Å². The molecule has 1 aliphatic carbocycles. The summed E-state index contributed by atoms with van der Waals surface area (Å²) in [7, 11) is 0. The van der Waals surface area contributed by atoms with E-state index in [-0.39, 0.29) is 5.41 Å². The predicted molar refractivity (Wildman–Crippen MR) is 226 cm³/mol. The van der Waals surface area contributed by atoms with Crippen molar-refractivity contribution in [3.8, 4) is 44.5 Å². The van der Waals surface area contributed by atoms with Crippen molar-refractivity contribution in [3.05, 3.63) is 181 Å². The molecule has 1 heteroatoms. The molecule has 244 valence electrons. The van der Waals surface area contributed by atoms with E-state index in [2.05, 4.69) is 184 Å². The SMILES string of the molecule is CC1(C)c2ccccc2-c2cc3sc4c5ccccc5c(-c5ccc(-c6c7ccccc7c(-c7ccccc7)c7ccccc67)cc5)cc4c3cc21. The highest BCUT2D eigenvalue weighted by atomic mass is 32.1. The molecule has 1 aliphatic rings. The van der Waals surface area contributed by atoms with Gasteiger partial charge in [0.15, 0.2) is 0 Å². The Balaban J connectivity index is 1.11. The second-order valence-electron chi connectivity index (χ2n) is 14.8. The summed E-state index contributed by atoms with van der Waals surface area (Å²) < 4.78 is 2.73. The molecule has 10 aromatic rings. The highest BCUT2D eigenvalue weighted by Crippen LogP contribution is 2.52. The lowest BCUT2D eigenvalue weighted by molar-refractivity contribution is 0.661. The molecule has 1 aromatic heterocycles. The largest absolute Gasteiger partial charge is 0.135 e. The van der Waals surface area contributed by atoms with Crippen molar-refractivity contribution >= 4 is 63.8 Å². The standard InChI is InChI=1S/C51H34S/c1-51(2)45-23-13-12-17-35(45)42-30-47-43(29-46(42)51)44-28-41(34-16-6-11-22-40(34)50(44)52-47)31-24-26-33(27-25-31)49-38-20-9-7-18-36(38)48(32-14-4-3-5-15-32)37-19-8-10-21-39(37)49/h3-30H,1-2H3. The van der Waals surface area contributed by atoms with E-state index in [9.17, 15) is 0 Å². The third kappa shape index (κ3) is 4.15. The number of thiophene rings is 1. The van der Waals surface area contributed by atoms with E-state index in [1.54, 1.807) is 0 Å². The van der Waals surface area contributed by atoms with Crippen LogP contribution in [-0.4, -0.2) is 0 Å². The molecule has 0 unspecified atom stereocenters. The molecule has 0 bridgehead atoms. The summed E-state index contributed by atoms with van der Waals surface area (Å²) >= 11 is 1.94. The van der Waals surface area contributed by atoms with Crippen LogP contribution >= 0.6 is 11.3 Å². The Hall–Kier alpha value is -6.02. The van der Waals surface area contributed by atoms with Crippen LogP contribution in [0.5, 0.6) is 0 Å². The van der Waals surface area contributed by atoms with E-state index >= 15 is 0 Å². The molecule has 0 fully saturated rings. The average molecular weight is 679 g/mol. The van der Waals surface area contributed by atoms with Crippen molar-refractivity contribution in [2.24, 2.45) is 0 Å².